The zero-order valence-electron chi connectivity index (χ0n) is 12.0. The quantitative estimate of drug-likeness (QED) is 0.394. The minimum atomic E-state index is -4.72. The summed E-state index contributed by atoms with van der Waals surface area (Å²) in [6, 6.07) is 6.30. The molecule has 9 heteroatoms. The maximum Gasteiger partial charge on any atom is 1.00 e. The Bertz CT molecular complexity index is 503. The summed E-state index contributed by atoms with van der Waals surface area (Å²) >= 11 is 5.71. The second-order valence-corrected chi connectivity index (χ2v) is 6.22. The van der Waals surface area contributed by atoms with Gasteiger partial charge in [-0.05, 0) is 37.6 Å². The molecule has 0 aliphatic heterocycles. The molecule has 0 heterocycles. The smallest absolute Gasteiger partial charge is 0.776 e. The molecular weight excluding hydrogens is 346 g/mol. The van der Waals surface area contributed by atoms with Crippen molar-refractivity contribution in [2.24, 2.45) is 0 Å². The Kier molecular flexibility index (Phi) is 9.91. The number of carbonyl (C=O) groups excluding carboxylic acids is 1. The minimum Gasteiger partial charge on any atom is -0.776 e. The monoisotopic (exact) mass is 360 g/mol. The number of rotatable bonds is 6. The summed E-state index contributed by atoms with van der Waals surface area (Å²) < 4.78 is 21.0. The molecule has 3 atom stereocenters. The summed E-state index contributed by atoms with van der Waals surface area (Å²) in [6.07, 6.45) is -1.06. The Morgan fingerprint density at radius 3 is 2.38 bits per heavy atom. The van der Waals surface area contributed by atoms with Crippen molar-refractivity contribution in [3.8, 4) is 5.75 Å². The Morgan fingerprint density at radius 1 is 1.43 bits per heavy atom. The van der Waals surface area contributed by atoms with Crippen LogP contribution in [0.3, 0.4) is 0 Å². The van der Waals surface area contributed by atoms with Gasteiger partial charge in [-0.3, -0.25) is 0 Å². The molecule has 0 aliphatic carbocycles. The Morgan fingerprint density at radius 2 is 1.95 bits per heavy atom. The maximum absolute atomic E-state index is 11.7. The van der Waals surface area contributed by atoms with E-state index in [4.69, 9.17) is 26.0 Å². The van der Waals surface area contributed by atoms with E-state index in [9.17, 15) is 14.3 Å². The van der Waals surface area contributed by atoms with Gasteiger partial charge in [-0.1, -0.05) is 18.5 Å². The molecule has 0 amide bonds. The fourth-order valence-corrected chi connectivity index (χ4v) is 2.20. The molecule has 1 aromatic carbocycles. The van der Waals surface area contributed by atoms with E-state index in [0.29, 0.717) is 10.8 Å². The van der Waals surface area contributed by atoms with Crippen molar-refractivity contribution in [1.29, 1.82) is 0 Å². The predicted octanol–water partition coefficient (Wildman–Crippen LogP) is -1.06. The molecule has 0 saturated heterocycles. The van der Waals surface area contributed by atoms with Crippen LogP contribution in [0.4, 0.5) is 0 Å². The Hall–Kier alpha value is 0.566. The van der Waals surface area contributed by atoms with Crippen molar-refractivity contribution in [2.45, 2.75) is 32.2 Å². The van der Waals surface area contributed by atoms with E-state index in [2.05, 4.69) is 0 Å². The molecule has 1 rings (SSSR count). The summed E-state index contributed by atoms with van der Waals surface area (Å²) in [6.45, 7) is 2.89. The van der Waals surface area contributed by atoms with Gasteiger partial charge in [-0.2, -0.15) is 0 Å². The molecule has 0 radical (unpaired) electrons. The fourth-order valence-electron chi connectivity index (χ4n) is 1.38. The molecule has 1 aromatic rings. The first-order valence-electron chi connectivity index (χ1n) is 5.90. The van der Waals surface area contributed by atoms with E-state index in [0.717, 1.165) is 0 Å². The molecule has 0 fully saturated rings. The Balaban J connectivity index is 0.00000400. The molecule has 0 saturated carbocycles. The number of hydrogen-bond donors (Lipinski definition) is 1. The average molecular weight is 361 g/mol. The van der Waals surface area contributed by atoms with Gasteiger partial charge in [-0.25, -0.2) is 4.79 Å². The van der Waals surface area contributed by atoms with Crippen LogP contribution in [0.25, 0.3) is 0 Å². The van der Waals surface area contributed by atoms with Gasteiger partial charge >= 0.3 is 57.4 Å². The van der Waals surface area contributed by atoms with Gasteiger partial charge in [0.1, 0.15) is 5.75 Å². The number of hydrogen-bond acceptors (Lipinski definition) is 5. The van der Waals surface area contributed by atoms with Crippen molar-refractivity contribution < 1.29 is 80.0 Å². The number of halogens is 1. The van der Waals surface area contributed by atoms with E-state index in [1.54, 1.807) is 24.3 Å². The van der Waals surface area contributed by atoms with Crippen molar-refractivity contribution in [3.63, 3.8) is 0 Å². The van der Waals surface area contributed by atoms with Crippen LogP contribution in [-0.4, -0.2) is 22.8 Å². The third-order valence-electron chi connectivity index (χ3n) is 2.42. The van der Waals surface area contributed by atoms with Crippen molar-refractivity contribution in [1.82, 2.24) is 0 Å². The second kappa shape index (κ2) is 9.65. The number of carbonyl (C=O) groups is 1. The van der Waals surface area contributed by atoms with Crippen LogP contribution in [0, 0.1) is 0 Å². The van der Waals surface area contributed by atoms with E-state index in [1.807, 2.05) is 0 Å². The van der Waals surface area contributed by atoms with Gasteiger partial charge in [0.25, 0.3) is 0 Å². The molecule has 6 nitrogen and oxygen atoms in total. The van der Waals surface area contributed by atoms with Gasteiger partial charge in [0.05, 0.1) is 0 Å². The third-order valence-corrected chi connectivity index (χ3v) is 3.87. The van der Waals surface area contributed by atoms with Crippen molar-refractivity contribution in [3.05, 3.63) is 29.3 Å². The fraction of sp³-hybridized carbons (Fsp3) is 0.417. The summed E-state index contributed by atoms with van der Waals surface area (Å²) in [5.41, 5.74) is 0. The first kappa shape index (κ1) is 21.6. The molecule has 3 unspecified atom stereocenters. The molecule has 0 aromatic heterocycles. The van der Waals surface area contributed by atoms with Crippen LogP contribution in [0.1, 0.15) is 20.3 Å². The topological polar surface area (TPSA) is 95.9 Å². The normalized spacial score (nSPS) is 16.0. The van der Waals surface area contributed by atoms with Crippen molar-refractivity contribution in [2.75, 3.05) is 0 Å². The Labute approximate surface area is 170 Å². The number of benzene rings is 1. The van der Waals surface area contributed by atoms with Gasteiger partial charge in [0.2, 0.25) is 0 Å². The van der Waals surface area contributed by atoms with Crippen LogP contribution in [0.15, 0.2) is 24.3 Å². The number of esters is 1. The maximum atomic E-state index is 11.7. The zero-order valence-corrected chi connectivity index (χ0v) is 16.8. The average Bonchev–Trinajstić information content (AvgIpc) is 2.36. The zero-order chi connectivity index (χ0) is 15.3. The van der Waals surface area contributed by atoms with Gasteiger partial charge in [0.15, 0.2) is 19.5 Å². The van der Waals surface area contributed by atoms with E-state index in [1.165, 1.54) is 13.8 Å². The SMILES string of the molecule is CCC(OC(=O)C(C)Oc1ccc(Cl)cc1)P(=O)([O-])O.[K+]. The van der Waals surface area contributed by atoms with E-state index >= 15 is 0 Å². The van der Waals surface area contributed by atoms with E-state index in [-0.39, 0.29) is 57.8 Å². The van der Waals surface area contributed by atoms with Crippen LogP contribution < -0.4 is 61.0 Å². The van der Waals surface area contributed by atoms with Crippen LogP contribution in [0.2, 0.25) is 5.02 Å². The van der Waals surface area contributed by atoms with Gasteiger partial charge in [-0.15, -0.1) is 0 Å². The molecule has 0 spiro atoms. The van der Waals surface area contributed by atoms with E-state index < -0.39 is 25.5 Å². The standard InChI is InChI=1S/C12H16ClO6P.K/c1-3-11(20(15,16)17)19-12(14)8(2)18-10-6-4-9(13)5-7-10;/h4-8,11H,3H2,1-2H3,(H2,15,16,17);/q;+1/p-1. The van der Waals surface area contributed by atoms with Gasteiger partial charge < -0.3 is 23.8 Å². The molecular formula is C12H15ClKO6P. The van der Waals surface area contributed by atoms with Crippen LogP contribution in [-0.2, 0) is 14.1 Å². The predicted molar refractivity (Wildman–Crippen MR) is 71.5 cm³/mol. The minimum absolute atomic E-state index is 0. The number of ether oxygens (including phenoxy) is 2. The molecule has 1 N–H and O–H groups in total. The summed E-state index contributed by atoms with van der Waals surface area (Å²) in [5, 5.41) is 0.520. The largest absolute Gasteiger partial charge is 1.00 e. The molecule has 21 heavy (non-hydrogen) atoms. The first-order valence-corrected chi connectivity index (χ1v) is 7.92. The van der Waals surface area contributed by atoms with Crippen LogP contribution in [0.5, 0.6) is 5.75 Å². The molecule has 0 bridgehead atoms. The molecule has 112 valence electrons. The summed E-state index contributed by atoms with van der Waals surface area (Å²) in [4.78, 5) is 31.5. The third kappa shape index (κ3) is 7.59. The summed E-state index contributed by atoms with van der Waals surface area (Å²) in [5.74, 6) is -2.05. The van der Waals surface area contributed by atoms with Crippen LogP contribution >= 0.6 is 19.2 Å². The second-order valence-electron chi connectivity index (χ2n) is 4.08. The van der Waals surface area contributed by atoms with Gasteiger partial charge in [0, 0.05) is 5.02 Å². The summed E-state index contributed by atoms with van der Waals surface area (Å²) in [7, 11) is -4.72. The van der Waals surface area contributed by atoms with Crippen molar-refractivity contribution >= 4 is 25.2 Å². The molecule has 0 aliphatic rings. The first-order chi connectivity index (χ1) is 9.24.